The maximum Gasteiger partial charge on any atom is 0.261 e. The predicted molar refractivity (Wildman–Crippen MR) is 64.0 cm³/mol. The molecule has 0 heterocycles. The Morgan fingerprint density at radius 2 is 1.78 bits per heavy atom. The fourth-order valence-corrected chi connectivity index (χ4v) is 2.40. The van der Waals surface area contributed by atoms with Gasteiger partial charge >= 0.3 is 0 Å². The summed E-state index contributed by atoms with van der Waals surface area (Å²) in [7, 11) is -3.69. The first-order chi connectivity index (χ1) is 8.38. The van der Waals surface area contributed by atoms with Crippen LogP contribution in [-0.4, -0.2) is 33.8 Å². The summed E-state index contributed by atoms with van der Waals surface area (Å²) in [4.78, 5) is 0. The Kier molecular flexibility index (Phi) is 5.64. The summed E-state index contributed by atoms with van der Waals surface area (Å²) in [5, 5.41) is 4.97. The molecule has 0 aliphatic carbocycles. The molecule has 0 spiro atoms. The second kappa shape index (κ2) is 6.77. The third kappa shape index (κ3) is 6.04. The van der Waals surface area contributed by atoms with Crippen molar-refractivity contribution < 1.29 is 21.9 Å². The van der Waals surface area contributed by atoms with Crippen molar-refractivity contribution >= 4 is 10.0 Å². The minimum Gasteiger partial charge on any atom is -0.375 e. The van der Waals surface area contributed by atoms with Gasteiger partial charge in [-0.15, -0.1) is 0 Å². The van der Waals surface area contributed by atoms with Gasteiger partial charge in [-0.2, -0.15) is 0 Å². The molecule has 0 aromatic heterocycles. The van der Waals surface area contributed by atoms with Crippen molar-refractivity contribution in [2.45, 2.75) is 12.3 Å². The summed E-state index contributed by atoms with van der Waals surface area (Å²) in [5.74, 6) is -0.875. The van der Waals surface area contributed by atoms with Gasteiger partial charge in [-0.1, -0.05) is 30.3 Å². The van der Waals surface area contributed by atoms with E-state index in [1.807, 2.05) is 0 Å². The van der Waals surface area contributed by atoms with Gasteiger partial charge < -0.3 is 4.74 Å². The van der Waals surface area contributed by atoms with E-state index in [2.05, 4.69) is 0 Å². The number of ether oxygens (including phenoxy) is 1. The Hall–Kier alpha value is -1.05. The predicted octanol–water partition coefficient (Wildman–Crippen LogP) is 1.34. The van der Waals surface area contributed by atoms with Crippen molar-refractivity contribution in [3.05, 3.63) is 35.9 Å². The van der Waals surface area contributed by atoms with E-state index in [0.717, 1.165) is 0 Å². The molecule has 0 amide bonds. The highest BCUT2D eigenvalue weighted by molar-refractivity contribution is 7.89. The van der Waals surface area contributed by atoms with Gasteiger partial charge in [0.1, 0.15) is 6.61 Å². The summed E-state index contributed by atoms with van der Waals surface area (Å²) in [6.07, 6.45) is -2.57. The summed E-state index contributed by atoms with van der Waals surface area (Å²) < 4.78 is 50.9. The number of halogens is 2. The van der Waals surface area contributed by atoms with Crippen molar-refractivity contribution in [1.82, 2.24) is 0 Å². The molecule has 1 atom stereocenters. The van der Waals surface area contributed by atoms with E-state index in [1.54, 1.807) is 30.3 Å². The number of primary sulfonamides is 1. The molecule has 0 aliphatic rings. The lowest BCUT2D eigenvalue weighted by Gasteiger charge is -2.16. The highest BCUT2D eigenvalue weighted by atomic mass is 32.2. The van der Waals surface area contributed by atoms with Crippen LogP contribution < -0.4 is 5.14 Å². The van der Waals surface area contributed by atoms with E-state index in [9.17, 15) is 17.2 Å². The van der Waals surface area contributed by atoms with Crippen LogP contribution in [0.15, 0.2) is 30.3 Å². The number of alkyl halides is 2. The van der Waals surface area contributed by atoms with Gasteiger partial charge in [0.2, 0.25) is 10.0 Å². The Morgan fingerprint density at radius 1 is 1.17 bits per heavy atom. The molecule has 2 N–H and O–H groups in total. The molecule has 1 aromatic rings. The molecule has 18 heavy (non-hydrogen) atoms. The average molecular weight is 279 g/mol. The van der Waals surface area contributed by atoms with Crippen molar-refractivity contribution in [2.75, 3.05) is 19.0 Å². The Balaban J connectivity index is 2.70. The van der Waals surface area contributed by atoms with Crippen LogP contribution >= 0.6 is 0 Å². The number of hydrogen-bond donors (Lipinski definition) is 1. The topological polar surface area (TPSA) is 69.4 Å². The Bertz CT molecular complexity index is 451. The number of benzene rings is 1. The number of nitrogens with two attached hydrogens (primary N) is 1. The van der Waals surface area contributed by atoms with Crippen LogP contribution in [0.5, 0.6) is 0 Å². The van der Waals surface area contributed by atoms with Gasteiger partial charge in [0, 0.05) is 5.92 Å². The largest absolute Gasteiger partial charge is 0.375 e. The molecule has 0 saturated heterocycles. The minimum atomic E-state index is -3.69. The molecular weight excluding hydrogens is 264 g/mol. The lowest BCUT2D eigenvalue weighted by atomic mass is 10.0. The third-order valence-electron chi connectivity index (χ3n) is 2.27. The van der Waals surface area contributed by atoms with Crippen LogP contribution in [0.4, 0.5) is 8.78 Å². The maximum atomic E-state index is 12.0. The van der Waals surface area contributed by atoms with Gasteiger partial charge in [-0.25, -0.2) is 22.3 Å². The fraction of sp³-hybridized carbons (Fsp3) is 0.455. The van der Waals surface area contributed by atoms with Crippen LogP contribution in [0.2, 0.25) is 0 Å². The van der Waals surface area contributed by atoms with Crippen molar-refractivity contribution in [2.24, 2.45) is 5.14 Å². The lowest BCUT2D eigenvalue weighted by molar-refractivity contribution is 0.0137. The molecule has 1 aromatic carbocycles. The Morgan fingerprint density at radius 3 is 2.28 bits per heavy atom. The SMILES string of the molecule is NS(=O)(=O)CC(COCC(F)F)c1ccccc1. The number of rotatable bonds is 7. The molecule has 1 unspecified atom stereocenters. The summed E-state index contributed by atoms with van der Waals surface area (Å²) in [6, 6.07) is 8.66. The molecular formula is C11H15F2NO3S. The lowest BCUT2D eigenvalue weighted by Crippen LogP contribution is -2.25. The van der Waals surface area contributed by atoms with Crippen molar-refractivity contribution in [3.8, 4) is 0 Å². The standard InChI is InChI=1S/C11H15F2NO3S/c12-11(13)7-17-6-10(8-18(14,15)16)9-4-2-1-3-5-9/h1-5,10-11H,6-8H2,(H2,14,15,16). The molecule has 0 fully saturated rings. The molecule has 102 valence electrons. The van der Waals surface area contributed by atoms with Gasteiger partial charge in [0.05, 0.1) is 12.4 Å². The van der Waals surface area contributed by atoms with E-state index < -0.39 is 29.0 Å². The van der Waals surface area contributed by atoms with E-state index in [-0.39, 0.29) is 12.4 Å². The van der Waals surface area contributed by atoms with Crippen LogP contribution in [0, 0.1) is 0 Å². The highest BCUT2D eigenvalue weighted by Crippen LogP contribution is 2.17. The number of hydrogen-bond acceptors (Lipinski definition) is 3. The van der Waals surface area contributed by atoms with Crippen molar-refractivity contribution in [1.29, 1.82) is 0 Å². The maximum absolute atomic E-state index is 12.0. The fourth-order valence-electron chi connectivity index (χ4n) is 1.55. The first kappa shape index (κ1) is 15.0. The first-order valence-electron chi connectivity index (χ1n) is 5.30. The van der Waals surface area contributed by atoms with Crippen molar-refractivity contribution in [3.63, 3.8) is 0 Å². The van der Waals surface area contributed by atoms with Gasteiger partial charge in [0.25, 0.3) is 6.43 Å². The zero-order valence-electron chi connectivity index (χ0n) is 9.63. The highest BCUT2D eigenvalue weighted by Gasteiger charge is 2.18. The van der Waals surface area contributed by atoms with Gasteiger partial charge in [-0.05, 0) is 5.56 Å². The van der Waals surface area contributed by atoms with E-state index in [4.69, 9.17) is 9.88 Å². The van der Waals surface area contributed by atoms with Crippen LogP contribution in [0.1, 0.15) is 11.5 Å². The molecule has 1 rings (SSSR count). The average Bonchev–Trinajstić information content (AvgIpc) is 2.27. The Labute approximate surface area is 105 Å². The molecule has 0 radical (unpaired) electrons. The van der Waals surface area contributed by atoms with Crippen LogP contribution in [-0.2, 0) is 14.8 Å². The molecule has 0 bridgehead atoms. The summed E-state index contributed by atoms with van der Waals surface area (Å²) >= 11 is 0. The molecule has 0 aliphatic heterocycles. The third-order valence-corrected chi connectivity index (χ3v) is 3.13. The molecule has 0 saturated carbocycles. The van der Waals surface area contributed by atoms with Gasteiger partial charge in [0.15, 0.2) is 0 Å². The first-order valence-corrected chi connectivity index (χ1v) is 7.01. The smallest absolute Gasteiger partial charge is 0.261 e. The zero-order valence-corrected chi connectivity index (χ0v) is 10.4. The van der Waals surface area contributed by atoms with Crippen LogP contribution in [0.25, 0.3) is 0 Å². The van der Waals surface area contributed by atoms with Crippen LogP contribution in [0.3, 0.4) is 0 Å². The number of sulfonamides is 1. The van der Waals surface area contributed by atoms with E-state index in [1.165, 1.54) is 0 Å². The zero-order chi connectivity index (χ0) is 13.6. The normalized spacial score (nSPS) is 13.8. The second-order valence-electron chi connectivity index (χ2n) is 3.87. The minimum absolute atomic E-state index is 0.106. The second-order valence-corrected chi connectivity index (χ2v) is 5.52. The molecule has 4 nitrogen and oxygen atoms in total. The quantitative estimate of drug-likeness (QED) is 0.819. The van der Waals surface area contributed by atoms with E-state index in [0.29, 0.717) is 5.56 Å². The molecule has 7 heteroatoms. The van der Waals surface area contributed by atoms with Gasteiger partial charge in [-0.3, -0.25) is 0 Å². The monoisotopic (exact) mass is 279 g/mol. The summed E-state index contributed by atoms with van der Waals surface area (Å²) in [6.45, 7) is -0.821. The summed E-state index contributed by atoms with van der Waals surface area (Å²) in [5.41, 5.74) is 0.695. The van der Waals surface area contributed by atoms with E-state index >= 15 is 0 Å².